The molecule has 4 amide bonds. The van der Waals surface area contributed by atoms with Gasteiger partial charge in [0.15, 0.2) is 0 Å². The van der Waals surface area contributed by atoms with Crippen molar-refractivity contribution >= 4 is 35.3 Å². The first-order chi connectivity index (χ1) is 22.7. The van der Waals surface area contributed by atoms with Crippen LogP contribution in [0.4, 0.5) is 5.69 Å². The van der Waals surface area contributed by atoms with Gasteiger partial charge in [-0.15, -0.1) is 0 Å². The van der Waals surface area contributed by atoms with E-state index in [-0.39, 0.29) is 48.8 Å². The highest BCUT2D eigenvalue weighted by molar-refractivity contribution is 5.95. The zero-order chi connectivity index (χ0) is 35.5. The molecule has 15 nitrogen and oxygen atoms in total. The Balaban J connectivity index is 1.78. The molecule has 3 rings (SSSR count). The number of hydrogen-bond acceptors (Lipinski definition) is 9. The van der Waals surface area contributed by atoms with Crippen LogP contribution < -0.4 is 21.3 Å². The maximum Gasteiger partial charge on any atom is 0.325 e. The third-order valence-corrected chi connectivity index (χ3v) is 8.11. The molecule has 260 valence electrons. The average Bonchev–Trinajstić information content (AvgIpc) is 3.53. The highest BCUT2D eigenvalue weighted by atomic mass is 16.6. The van der Waals surface area contributed by atoms with Crippen LogP contribution in [0.2, 0.25) is 0 Å². The number of amides is 4. The minimum absolute atomic E-state index is 0.00193. The van der Waals surface area contributed by atoms with Crippen molar-refractivity contribution in [2.45, 2.75) is 90.1 Å². The van der Waals surface area contributed by atoms with E-state index in [0.717, 1.165) is 5.56 Å². The van der Waals surface area contributed by atoms with Crippen LogP contribution in [0.15, 0.2) is 48.5 Å². The predicted octanol–water partition coefficient (Wildman–Crippen LogP) is 1.62. The van der Waals surface area contributed by atoms with Crippen molar-refractivity contribution < 1.29 is 39.1 Å². The van der Waals surface area contributed by atoms with Gasteiger partial charge in [-0.25, -0.2) is 0 Å². The molecule has 0 unspecified atom stereocenters. The van der Waals surface area contributed by atoms with Crippen LogP contribution in [0.25, 0.3) is 0 Å². The molecule has 0 radical (unpaired) electrons. The van der Waals surface area contributed by atoms with Gasteiger partial charge in [-0.05, 0) is 50.7 Å². The molecule has 1 saturated heterocycles. The highest BCUT2D eigenvalue weighted by Crippen LogP contribution is 2.27. The monoisotopic (exact) mass is 668 g/mol. The second kappa shape index (κ2) is 17.2. The Morgan fingerprint density at radius 1 is 0.917 bits per heavy atom. The fraction of sp³-hybridized carbons (Fsp3) is 0.485. The number of carbonyl (C=O) groups excluding carboxylic acids is 4. The second-order valence-electron chi connectivity index (χ2n) is 12.3. The molecule has 0 spiro atoms. The smallest absolute Gasteiger partial charge is 0.325 e. The normalized spacial score (nSPS) is 16.8. The van der Waals surface area contributed by atoms with Crippen molar-refractivity contribution in [3.8, 4) is 5.75 Å². The van der Waals surface area contributed by atoms with Crippen molar-refractivity contribution in [3.05, 3.63) is 69.8 Å². The molecule has 0 aliphatic carbocycles. The van der Waals surface area contributed by atoms with E-state index in [1.807, 2.05) is 13.8 Å². The van der Waals surface area contributed by atoms with Crippen LogP contribution in [-0.4, -0.2) is 86.4 Å². The van der Waals surface area contributed by atoms with Gasteiger partial charge < -0.3 is 36.4 Å². The largest absolute Gasteiger partial charge is 0.507 e. The number of hydrogen-bond donors (Lipinski definition) is 6. The minimum Gasteiger partial charge on any atom is -0.507 e. The number of nitro benzene ring substituents is 1. The number of phenols is 1. The standard InChI is InChI=1S/C33H44N6O9/c1-19(2)16-25(32(44)38-15-9-13-27(38)31(43)35-21(4)33(45)46)37-30(42)24(17-22-10-6-5-7-11-22)36-29(41)20(3)34-18-23-26(39(47)48)12-8-14-28(23)40/h5-8,10-12,14,19-21,24-25,27,34,40H,9,13,15-18H2,1-4H3,(H,35,43)(H,36,41)(H,37,42)(H,45,46)/t20-,21-,24-,25-,27-/m0/s1. The maximum atomic E-state index is 13.8. The summed E-state index contributed by atoms with van der Waals surface area (Å²) >= 11 is 0. The Hall–Kier alpha value is -5.05. The number of carboxylic acid groups (broad SMARTS) is 1. The van der Waals surface area contributed by atoms with Crippen molar-refractivity contribution in [2.75, 3.05) is 6.54 Å². The molecule has 1 aliphatic heterocycles. The quantitative estimate of drug-likeness (QED) is 0.112. The maximum absolute atomic E-state index is 13.8. The van der Waals surface area contributed by atoms with E-state index in [2.05, 4.69) is 21.3 Å². The minimum atomic E-state index is -1.21. The topological polar surface area (TPSA) is 220 Å². The lowest BCUT2D eigenvalue weighted by Gasteiger charge is -2.31. The lowest BCUT2D eigenvalue weighted by molar-refractivity contribution is -0.385. The SMILES string of the molecule is CC(C)C[C@H](NC(=O)[C@H](Cc1ccccc1)NC(=O)[C@H](C)NCc1c(O)cccc1[N+](=O)[O-])C(=O)N1CCC[C@H]1C(=O)N[C@@H](C)C(=O)O. The number of carbonyl (C=O) groups is 5. The van der Waals surface area contributed by atoms with E-state index in [0.29, 0.717) is 12.8 Å². The summed E-state index contributed by atoms with van der Waals surface area (Å²) in [5, 5.41) is 41.6. The first-order valence-corrected chi connectivity index (χ1v) is 15.9. The Morgan fingerprint density at radius 3 is 2.21 bits per heavy atom. The van der Waals surface area contributed by atoms with Crippen molar-refractivity contribution in [1.29, 1.82) is 0 Å². The lowest BCUT2D eigenvalue weighted by Crippen LogP contribution is -2.58. The Morgan fingerprint density at radius 2 is 1.58 bits per heavy atom. The number of benzene rings is 2. The zero-order valence-corrected chi connectivity index (χ0v) is 27.5. The van der Waals surface area contributed by atoms with Crippen LogP contribution in [0.5, 0.6) is 5.75 Å². The van der Waals surface area contributed by atoms with E-state index < -0.39 is 64.7 Å². The number of nitrogens with one attached hydrogen (secondary N) is 4. The van der Waals surface area contributed by atoms with Crippen molar-refractivity contribution in [2.24, 2.45) is 5.92 Å². The highest BCUT2D eigenvalue weighted by Gasteiger charge is 2.39. The van der Waals surface area contributed by atoms with Crippen molar-refractivity contribution in [1.82, 2.24) is 26.2 Å². The van der Waals surface area contributed by atoms with Crippen LogP contribution in [0, 0.1) is 16.0 Å². The van der Waals surface area contributed by atoms with Gasteiger partial charge in [0.1, 0.15) is 29.9 Å². The van der Waals surface area contributed by atoms with E-state index >= 15 is 0 Å². The van der Waals surface area contributed by atoms with Gasteiger partial charge in [0.2, 0.25) is 23.6 Å². The third kappa shape index (κ3) is 10.2. The summed E-state index contributed by atoms with van der Waals surface area (Å²) in [5.74, 6) is -3.85. The summed E-state index contributed by atoms with van der Waals surface area (Å²) in [4.78, 5) is 77.3. The molecule has 0 saturated carbocycles. The molecule has 1 heterocycles. The van der Waals surface area contributed by atoms with Gasteiger partial charge in [-0.2, -0.15) is 0 Å². The van der Waals surface area contributed by atoms with Crippen LogP contribution in [0.1, 0.15) is 58.1 Å². The van der Waals surface area contributed by atoms with Crippen LogP contribution >= 0.6 is 0 Å². The predicted molar refractivity (Wildman–Crippen MR) is 175 cm³/mol. The van der Waals surface area contributed by atoms with E-state index in [1.165, 1.54) is 36.9 Å². The van der Waals surface area contributed by atoms with Crippen molar-refractivity contribution in [3.63, 3.8) is 0 Å². The summed E-state index contributed by atoms with van der Waals surface area (Å²) in [6.07, 6.45) is 1.19. The summed E-state index contributed by atoms with van der Waals surface area (Å²) in [6.45, 7) is 6.64. The molecular formula is C33H44N6O9. The number of likely N-dealkylation sites (tertiary alicyclic amines) is 1. The van der Waals surface area contributed by atoms with E-state index in [9.17, 15) is 44.3 Å². The number of aliphatic carboxylic acids is 1. The Kier molecular flexibility index (Phi) is 13.4. The Bertz CT molecular complexity index is 1490. The van der Waals surface area contributed by atoms with Crippen LogP contribution in [-0.2, 0) is 36.9 Å². The van der Waals surface area contributed by atoms with Gasteiger partial charge in [-0.3, -0.25) is 34.1 Å². The van der Waals surface area contributed by atoms with E-state index in [4.69, 9.17) is 0 Å². The first kappa shape index (κ1) is 37.4. The average molecular weight is 669 g/mol. The van der Waals surface area contributed by atoms with Gasteiger partial charge >= 0.3 is 5.97 Å². The van der Waals surface area contributed by atoms with Gasteiger partial charge in [0.25, 0.3) is 5.69 Å². The molecule has 2 aromatic carbocycles. The first-order valence-electron chi connectivity index (χ1n) is 15.9. The van der Waals surface area contributed by atoms with Crippen LogP contribution in [0.3, 0.4) is 0 Å². The molecular weight excluding hydrogens is 624 g/mol. The zero-order valence-electron chi connectivity index (χ0n) is 27.5. The van der Waals surface area contributed by atoms with E-state index in [1.54, 1.807) is 30.3 Å². The molecule has 2 aromatic rings. The summed E-state index contributed by atoms with van der Waals surface area (Å²) < 4.78 is 0. The summed E-state index contributed by atoms with van der Waals surface area (Å²) in [7, 11) is 0. The molecule has 15 heteroatoms. The van der Waals surface area contributed by atoms with Gasteiger partial charge in [0.05, 0.1) is 16.5 Å². The molecule has 0 bridgehead atoms. The molecule has 1 fully saturated rings. The molecule has 5 atom stereocenters. The number of phenolic OH excluding ortho intramolecular Hbond substituents is 1. The summed E-state index contributed by atoms with van der Waals surface area (Å²) in [5.41, 5.74) is 0.424. The molecule has 48 heavy (non-hydrogen) atoms. The molecule has 1 aliphatic rings. The fourth-order valence-corrected chi connectivity index (χ4v) is 5.46. The number of aromatic hydroxyl groups is 1. The number of nitrogens with zero attached hydrogens (tertiary/aromatic N) is 2. The van der Waals surface area contributed by atoms with Gasteiger partial charge in [-0.1, -0.05) is 50.2 Å². The molecule has 0 aromatic heterocycles. The second-order valence-corrected chi connectivity index (χ2v) is 12.3. The third-order valence-electron chi connectivity index (χ3n) is 8.11. The number of rotatable bonds is 16. The number of carboxylic acids is 1. The van der Waals surface area contributed by atoms with Gasteiger partial charge in [0, 0.05) is 25.6 Å². The lowest BCUT2D eigenvalue weighted by atomic mass is 10.00. The Labute approximate surface area is 278 Å². The number of nitro groups is 1. The summed E-state index contributed by atoms with van der Waals surface area (Å²) in [6, 6.07) is 7.69. The molecule has 6 N–H and O–H groups in total. The fourth-order valence-electron chi connectivity index (χ4n) is 5.46.